The minimum Gasteiger partial charge on any atom is -0.465 e. The number of carbonyl (C=O) groups excluding carboxylic acids is 2. The van der Waals surface area contributed by atoms with Crippen LogP contribution in [0.2, 0.25) is 0 Å². The van der Waals surface area contributed by atoms with Crippen molar-refractivity contribution in [1.82, 2.24) is 9.97 Å². The number of hydrogen-bond donors (Lipinski definition) is 1. The third-order valence-electron chi connectivity index (χ3n) is 4.84. The van der Waals surface area contributed by atoms with Crippen LogP contribution in [0.5, 0.6) is 0 Å². The molecule has 2 heterocycles. The van der Waals surface area contributed by atoms with E-state index in [4.69, 9.17) is 9.47 Å². The summed E-state index contributed by atoms with van der Waals surface area (Å²) in [6.07, 6.45) is 1.43. The average molecular weight is 451 g/mol. The molecule has 0 saturated carbocycles. The van der Waals surface area contributed by atoms with Crippen molar-refractivity contribution in [3.05, 3.63) is 70.6 Å². The molecule has 9 heteroatoms. The monoisotopic (exact) mass is 451 g/mol. The van der Waals surface area contributed by atoms with Crippen LogP contribution < -0.4 is 5.32 Å². The van der Waals surface area contributed by atoms with Gasteiger partial charge in [0.1, 0.15) is 22.8 Å². The van der Waals surface area contributed by atoms with Crippen LogP contribution in [0.1, 0.15) is 25.6 Å². The van der Waals surface area contributed by atoms with Crippen LogP contribution in [0.3, 0.4) is 0 Å². The lowest BCUT2D eigenvalue weighted by molar-refractivity contribution is 0.0599. The van der Waals surface area contributed by atoms with Gasteiger partial charge in [-0.05, 0) is 42.8 Å². The van der Waals surface area contributed by atoms with Crippen molar-refractivity contribution >= 4 is 45.0 Å². The van der Waals surface area contributed by atoms with Crippen LogP contribution in [0.4, 0.5) is 15.9 Å². The average Bonchev–Trinajstić information content (AvgIpc) is 3.15. The number of halogens is 1. The van der Waals surface area contributed by atoms with Gasteiger partial charge in [-0.25, -0.2) is 23.9 Å². The van der Waals surface area contributed by atoms with Crippen LogP contribution in [-0.2, 0) is 9.47 Å². The Morgan fingerprint density at radius 2 is 1.59 bits per heavy atom. The summed E-state index contributed by atoms with van der Waals surface area (Å²) in [5.41, 5.74) is 2.52. The second-order valence-electron chi connectivity index (χ2n) is 6.85. The van der Waals surface area contributed by atoms with E-state index in [1.807, 2.05) is 6.92 Å². The Bertz CT molecular complexity index is 1300. The molecular weight excluding hydrogens is 433 g/mol. The highest BCUT2D eigenvalue weighted by molar-refractivity contribution is 7.19. The molecule has 0 amide bonds. The molecule has 0 unspecified atom stereocenters. The van der Waals surface area contributed by atoms with Crippen molar-refractivity contribution in [2.75, 3.05) is 19.5 Å². The Kier molecular flexibility index (Phi) is 5.83. The first kappa shape index (κ1) is 21.4. The first-order valence-electron chi connectivity index (χ1n) is 9.50. The van der Waals surface area contributed by atoms with Gasteiger partial charge >= 0.3 is 11.9 Å². The molecule has 2 aromatic carbocycles. The van der Waals surface area contributed by atoms with E-state index in [1.54, 1.807) is 24.3 Å². The van der Waals surface area contributed by atoms with Gasteiger partial charge in [0.2, 0.25) is 0 Å². The number of carbonyl (C=O) groups is 2. The van der Waals surface area contributed by atoms with E-state index in [0.29, 0.717) is 11.5 Å². The minimum absolute atomic E-state index is 0.184. The molecule has 0 radical (unpaired) electrons. The molecular formula is C23H18FN3O4S. The molecule has 0 aliphatic rings. The first-order valence-corrected chi connectivity index (χ1v) is 10.3. The number of nitrogens with zero attached hydrogens (tertiary/aromatic N) is 2. The summed E-state index contributed by atoms with van der Waals surface area (Å²) in [4.78, 5) is 34.7. The van der Waals surface area contributed by atoms with Crippen molar-refractivity contribution in [1.29, 1.82) is 0 Å². The summed E-state index contributed by atoms with van der Waals surface area (Å²) in [6, 6.07) is 10.7. The number of hydrogen-bond acceptors (Lipinski definition) is 8. The van der Waals surface area contributed by atoms with Gasteiger partial charge in [0.15, 0.2) is 0 Å². The SMILES string of the molecule is COC(=O)c1cc(Nc2ncnc3sc(C)c(-c4ccc(F)cc4)c23)cc(C(=O)OC)c1. The third kappa shape index (κ3) is 4.02. The summed E-state index contributed by atoms with van der Waals surface area (Å²) in [6.45, 7) is 1.96. The molecule has 0 spiro atoms. The molecule has 0 aliphatic heterocycles. The number of rotatable bonds is 5. The highest BCUT2D eigenvalue weighted by Gasteiger charge is 2.19. The van der Waals surface area contributed by atoms with Gasteiger partial charge in [0.25, 0.3) is 0 Å². The zero-order valence-electron chi connectivity index (χ0n) is 17.4. The number of fused-ring (bicyclic) bond motifs is 1. The maximum Gasteiger partial charge on any atom is 0.337 e. The van der Waals surface area contributed by atoms with Crippen LogP contribution >= 0.6 is 11.3 Å². The molecule has 4 aromatic rings. The Hall–Kier alpha value is -3.85. The summed E-state index contributed by atoms with van der Waals surface area (Å²) < 4.78 is 23.1. The molecule has 7 nitrogen and oxygen atoms in total. The smallest absolute Gasteiger partial charge is 0.337 e. The zero-order valence-corrected chi connectivity index (χ0v) is 18.2. The number of esters is 2. The summed E-state index contributed by atoms with van der Waals surface area (Å²) in [7, 11) is 2.52. The van der Waals surface area contributed by atoms with Gasteiger partial charge in [-0.2, -0.15) is 0 Å². The molecule has 32 heavy (non-hydrogen) atoms. The molecule has 0 bridgehead atoms. The molecule has 0 aliphatic carbocycles. The predicted octanol–water partition coefficient (Wildman–Crippen LogP) is 5.12. The number of benzene rings is 2. The van der Waals surface area contributed by atoms with Crippen LogP contribution in [-0.4, -0.2) is 36.1 Å². The number of aromatic nitrogens is 2. The fourth-order valence-electron chi connectivity index (χ4n) is 3.41. The third-order valence-corrected chi connectivity index (χ3v) is 5.85. The molecule has 0 fully saturated rings. The predicted molar refractivity (Wildman–Crippen MR) is 120 cm³/mol. The van der Waals surface area contributed by atoms with Gasteiger partial charge in [-0.1, -0.05) is 12.1 Å². The van der Waals surface area contributed by atoms with E-state index in [9.17, 15) is 14.0 Å². The zero-order chi connectivity index (χ0) is 22.8. The topological polar surface area (TPSA) is 90.4 Å². The summed E-state index contributed by atoms with van der Waals surface area (Å²) in [5, 5.41) is 3.94. The molecule has 0 atom stereocenters. The van der Waals surface area contributed by atoms with E-state index in [2.05, 4.69) is 15.3 Å². The second kappa shape index (κ2) is 8.72. The number of methoxy groups -OCH3 is 2. The summed E-state index contributed by atoms with van der Waals surface area (Å²) >= 11 is 1.49. The van der Waals surface area contributed by atoms with E-state index < -0.39 is 11.9 Å². The number of anilines is 2. The second-order valence-corrected chi connectivity index (χ2v) is 8.05. The molecule has 2 aromatic heterocycles. The van der Waals surface area contributed by atoms with Crippen LogP contribution in [0.25, 0.3) is 21.3 Å². The lowest BCUT2D eigenvalue weighted by atomic mass is 10.0. The molecule has 4 rings (SSSR count). The number of ether oxygens (including phenoxy) is 2. The fraction of sp³-hybridized carbons (Fsp3) is 0.130. The van der Waals surface area contributed by atoms with Gasteiger partial charge in [-0.15, -0.1) is 11.3 Å². The van der Waals surface area contributed by atoms with Gasteiger partial charge in [0, 0.05) is 16.1 Å². The van der Waals surface area contributed by atoms with Crippen molar-refractivity contribution in [2.45, 2.75) is 6.92 Å². The normalized spacial score (nSPS) is 10.8. The molecule has 162 valence electrons. The lowest BCUT2D eigenvalue weighted by Gasteiger charge is -2.12. The van der Waals surface area contributed by atoms with Crippen molar-refractivity contribution in [2.24, 2.45) is 0 Å². The Balaban J connectivity index is 1.86. The standard InChI is InChI=1S/C23H18FN3O4S/c1-12-18(13-4-6-16(24)7-5-13)19-20(25-11-26-21(19)32-12)27-17-9-14(22(28)30-2)8-15(10-17)23(29)31-3/h4-11H,1-3H3,(H,25,26,27). The quantitative estimate of drug-likeness (QED) is 0.421. The van der Waals surface area contributed by atoms with Crippen molar-refractivity contribution in [3.63, 3.8) is 0 Å². The van der Waals surface area contributed by atoms with Crippen LogP contribution in [0.15, 0.2) is 48.8 Å². The largest absolute Gasteiger partial charge is 0.465 e. The maximum absolute atomic E-state index is 13.5. The van der Waals surface area contributed by atoms with E-state index >= 15 is 0 Å². The van der Waals surface area contributed by atoms with Crippen molar-refractivity contribution < 1.29 is 23.5 Å². The van der Waals surface area contributed by atoms with Gasteiger partial charge in [0.05, 0.1) is 30.7 Å². The maximum atomic E-state index is 13.5. The number of thiophene rings is 1. The molecule has 1 N–H and O–H groups in total. The van der Waals surface area contributed by atoms with E-state index in [-0.39, 0.29) is 16.9 Å². The highest BCUT2D eigenvalue weighted by Crippen LogP contribution is 2.41. The Labute approximate surface area is 186 Å². The summed E-state index contributed by atoms with van der Waals surface area (Å²) in [5.74, 6) is -1.03. The van der Waals surface area contributed by atoms with Gasteiger partial charge < -0.3 is 14.8 Å². The number of nitrogens with one attached hydrogen (secondary N) is 1. The molecule has 0 saturated heterocycles. The minimum atomic E-state index is -0.593. The Morgan fingerprint density at radius 1 is 0.969 bits per heavy atom. The van der Waals surface area contributed by atoms with E-state index in [0.717, 1.165) is 26.2 Å². The van der Waals surface area contributed by atoms with E-state index in [1.165, 1.54) is 50.1 Å². The van der Waals surface area contributed by atoms with Crippen LogP contribution in [0, 0.1) is 12.7 Å². The first-order chi connectivity index (χ1) is 15.4. The highest BCUT2D eigenvalue weighted by atomic mass is 32.1. The lowest BCUT2D eigenvalue weighted by Crippen LogP contribution is -2.08. The Morgan fingerprint density at radius 3 is 2.19 bits per heavy atom. The number of aryl methyl sites for hydroxylation is 1. The fourth-order valence-corrected chi connectivity index (χ4v) is 4.42. The van der Waals surface area contributed by atoms with Crippen molar-refractivity contribution in [3.8, 4) is 11.1 Å². The van der Waals surface area contributed by atoms with Gasteiger partial charge in [-0.3, -0.25) is 0 Å².